The Bertz CT molecular complexity index is 385. The Labute approximate surface area is 119 Å². The monoisotopic (exact) mass is 289 g/mol. The van der Waals surface area contributed by atoms with Crippen molar-refractivity contribution in [3.8, 4) is 0 Å². The lowest BCUT2D eigenvalue weighted by Gasteiger charge is -2.44. The summed E-state index contributed by atoms with van der Waals surface area (Å²) in [5.41, 5.74) is 0.317. The van der Waals surface area contributed by atoms with Gasteiger partial charge in [-0.25, -0.2) is 8.42 Å². The summed E-state index contributed by atoms with van der Waals surface area (Å²) < 4.78 is 22.7. The zero-order chi connectivity index (χ0) is 14.9. The molecule has 0 bridgehead atoms. The van der Waals surface area contributed by atoms with Gasteiger partial charge in [0, 0.05) is 17.8 Å². The lowest BCUT2D eigenvalue weighted by molar-refractivity contribution is 0.139. The largest absolute Gasteiger partial charge is 0.309 e. The van der Waals surface area contributed by atoms with E-state index in [9.17, 15) is 8.42 Å². The van der Waals surface area contributed by atoms with E-state index in [2.05, 4.69) is 39.9 Å². The second kappa shape index (κ2) is 5.72. The molecular weight excluding hydrogens is 258 g/mol. The molecule has 0 saturated heterocycles. The summed E-state index contributed by atoms with van der Waals surface area (Å²) in [4.78, 5) is 0. The predicted octanol–water partition coefficient (Wildman–Crippen LogP) is 3.00. The third-order valence-electron chi connectivity index (χ3n) is 4.83. The molecule has 0 radical (unpaired) electrons. The summed E-state index contributed by atoms with van der Waals surface area (Å²) in [5, 5.41) is 3.77. The van der Waals surface area contributed by atoms with Gasteiger partial charge in [0.25, 0.3) is 0 Å². The molecule has 0 aromatic carbocycles. The van der Waals surface area contributed by atoms with E-state index < -0.39 is 9.84 Å². The van der Waals surface area contributed by atoms with Gasteiger partial charge in [0.1, 0.15) is 9.84 Å². The van der Waals surface area contributed by atoms with E-state index >= 15 is 0 Å². The van der Waals surface area contributed by atoms with Crippen LogP contribution < -0.4 is 5.32 Å². The van der Waals surface area contributed by atoms with E-state index in [-0.39, 0.29) is 11.0 Å². The number of rotatable bonds is 4. The van der Waals surface area contributed by atoms with Crippen LogP contribution in [-0.4, -0.2) is 32.0 Å². The normalized spacial score (nSPS) is 26.4. The van der Waals surface area contributed by atoms with Crippen LogP contribution in [0.15, 0.2) is 0 Å². The quantitative estimate of drug-likeness (QED) is 0.865. The first-order chi connectivity index (χ1) is 8.41. The molecule has 0 aromatic rings. The highest BCUT2D eigenvalue weighted by atomic mass is 32.2. The van der Waals surface area contributed by atoms with Crippen LogP contribution in [-0.2, 0) is 9.84 Å². The topological polar surface area (TPSA) is 46.2 Å². The third kappa shape index (κ3) is 5.42. The zero-order valence-electron chi connectivity index (χ0n) is 13.4. The van der Waals surface area contributed by atoms with E-state index in [0.717, 1.165) is 25.7 Å². The first-order valence-electron chi connectivity index (χ1n) is 7.36. The Hall–Kier alpha value is -0.0900. The molecule has 19 heavy (non-hydrogen) atoms. The molecule has 0 unspecified atom stereocenters. The van der Waals surface area contributed by atoms with Crippen LogP contribution in [0.5, 0.6) is 0 Å². The maximum Gasteiger partial charge on any atom is 0.147 e. The van der Waals surface area contributed by atoms with Gasteiger partial charge in [-0.15, -0.1) is 0 Å². The maximum absolute atomic E-state index is 11.3. The molecule has 114 valence electrons. The average Bonchev–Trinajstić information content (AvgIpc) is 2.16. The van der Waals surface area contributed by atoms with Crippen molar-refractivity contribution in [2.24, 2.45) is 11.3 Å². The molecule has 1 aliphatic carbocycles. The molecule has 1 aliphatic rings. The molecule has 0 spiro atoms. The fourth-order valence-corrected chi connectivity index (χ4v) is 3.82. The summed E-state index contributed by atoms with van der Waals surface area (Å²) in [6.07, 6.45) is 5.61. The van der Waals surface area contributed by atoms with Crippen molar-refractivity contribution >= 4 is 9.84 Å². The van der Waals surface area contributed by atoms with Crippen molar-refractivity contribution in [2.75, 3.05) is 12.0 Å². The lowest BCUT2D eigenvalue weighted by Crippen LogP contribution is -2.54. The Kier molecular flexibility index (Phi) is 5.11. The minimum Gasteiger partial charge on any atom is -0.309 e. The van der Waals surface area contributed by atoms with Gasteiger partial charge in [-0.3, -0.25) is 0 Å². The first kappa shape index (κ1) is 17.0. The number of sulfone groups is 1. The number of hydrogen-bond donors (Lipinski definition) is 1. The molecule has 1 rings (SSSR count). The zero-order valence-corrected chi connectivity index (χ0v) is 14.2. The van der Waals surface area contributed by atoms with Crippen LogP contribution in [0.3, 0.4) is 0 Å². The SMILES string of the molecule is CC(C)(C)C(C)(C)NC1CCC(CS(C)(=O)=O)CC1. The summed E-state index contributed by atoms with van der Waals surface area (Å²) in [6.45, 7) is 11.3. The van der Waals surface area contributed by atoms with Crippen molar-refractivity contribution < 1.29 is 8.42 Å². The maximum atomic E-state index is 11.3. The highest BCUT2D eigenvalue weighted by Gasteiger charge is 2.35. The smallest absolute Gasteiger partial charge is 0.147 e. The van der Waals surface area contributed by atoms with Crippen LogP contribution >= 0.6 is 0 Å². The van der Waals surface area contributed by atoms with Gasteiger partial charge in [0.2, 0.25) is 0 Å². The van der Waals surface area contributed by atoms with Gasteiger partial charge >= 0.3 is 0 Å². The molecule has 1 fully saturated rings. The van der Waals surface area contributed by atoms with Gasteiger partial charge in [-0.05, 0) is 50.9 Å². The number of nitrogens with one attached hydrogen (secondary N) is 1. The van der Waals surface area contributed by atoms with E-state index in [1.165, 1.54) is 6.26 Å². The lowest BCUT2D eigenvalue weighted by atomic mass is 9.75. The fraction of sp³-hybridized carbons (Fsp3) is 1.00. The summed E-state index contributed by atoms with van der Waals surface area (Å²) >= 11 is 0. The van der Waals surface area contributed by atoms with Crippen LogP contribution in [0.4, 0.5) is 0 Å². The van der Waals surface area contributed by atoms with Gasteiger partial charge < -0.3 is 5.32 Å². The minimum atomic E-state index is -2.82. The second-order valence-electron chi connectivity index (χ2n) is 7.83. The Morgan fingerprint density at radius 1 is 1.00 bits per heavy atom. The van der Waals surface area contributed by atoms with Crippen LogP contribution in [0, 0.1) is 11.3 Å². The first-order valence-corrected chi connectivity index (χ1v) is 9.42. The highest BCUT2D eigenvalue weighted by molar-refractivity contribution is 7.90. The van der Waals surface area contributed by atoms with Crippen molar-refractivity contribution in [1.29, 1.82) is 0 Å². The van der Waals surface area contributed by atoms with E-state index in [4.69, 9.17) is 0 Å². The summed E-state index contributed by atoms with van der Waals surface area (Å²) in [5.74, 6) is 0.730. The predicted molar refractivity (Wildman–Crippen MR) is 82.1 cm³/mol. The Morgan fingerprint density at radius 2 is 1.47 bits per heavy atom. The Balaban J connectivity index is 2.47. The van der Waals surface area contributed by atoms with Crippen LogP contribution in [0.25, 0.3) is 0 Å². The van der Waals surface area contributed by atoms with E-state index in [0.29, 0.717) is 17.7 Å². The van der Waals surface area contributed by atoms with Gasteiger partial charge in [0.15, 0.2) is 0 Å². The summed E-state index contributed by atoms with van der Waals surface area (Å²) in [7, 11) is -2.82. The van der Waals surface area contributed by atoms with Gasteiger partial charge in [0.05, 0.1) is 5.75 Å². The average molecular weight is 289 g/mol. The van der Waals surface area contributed by atoms with Crippen molar-refractivity contribution in [1.82, 2.24) is 5.32 Å². The molecule has 0 amide bonds. The van der Waals surface area contributed by atoms with Crippen LogP contribution in [0.1, 0.15) is 60.3 Å². The molecule has 1 N–H and O–H groups in total. The van der Waals surface area contributed by atoms with Crippen molar-refractivity contribution in [3.63, 3.8) is 0 Å². The molecule has 4 heteroatoms. The standard InChI is InChI=1S/C15H31NO2S/c1-14(2,3)15(4,5)16-13-9-7-12(8-10-13)11-19(6,17)18/h12-13,16H,7-11H2,1-6H3. The minimum absolute atomic E-state index is 0.0985. The Morgan fingerprint density at radius 3 is 1.84 bits per heavy atom. The second-order valence-corrected chi connectivity index (χ2v) is 10.0. The summed E-state index contributed by atoms with van der Waals surface area (Å²) in [6, 6.07) is 0.532. The molecule has 1 saturated carbocycles. The van der Waals surface area contributed by atoms with Crippen molar-refractivity contribution in [2.45, 2.75) is 71.9 Å². The number of hydrogen-bond acceptors (Lipinski definition) is 3. The molecule has 0 atom stereocenters. The van der Waals surface area contributed by atoms with E-state index in [1.54, 1.807) is 0 Å². The van der Waals surface area contributed by atoms with Gasteiger partial charge in [-0.2, -0.15) is 0 Å². The highest BCUT2D eigenvalue weighted by Crippen LogP contribution is 2.33. The fourth-order valence-electron chi connectivity index (χ4n) is 2.63. The van der Waals surface area contributed by atoms with Crippen LogP contribution in [0.2, 0.25) is 0 Å². The van der Waals surface area contributed by atoms with E-state index in [1.807, 2.05) is 0 Å². The molecule has 0 heterocycles. The molecule has 3 nitrogen and oxygen atoms in total. The van der Waals surface area contributed by atoms with Gasteiger partial charge in [-0.1, -0.05) is 20.8 Å². The molecule has 0 aliphatic heterocycles. The third-order valence-corrected chi connectivity index (χ3v) is 5.90. The molecular formula is C15H31NO2S. The molecule has 0 aromatic heterocycles. The van der Waals surface area contributed by atoms with Crippen molar-refractivity contribution in [3.05, 3.63) is 0 Å².